The van der Waals surface area contributed by atoms with Crippen molar-refractivity contribution >= 4 is 39.6 Å². The Morgan fingerprint density at radius 2 is 2.04 bits per heavy atom. The first-order chi connectivity index (χ1) is 12.7. The highest BCUT2D eigenvalue weighted by Crippen LogP contribution is 2.29. The number of allylic oxidation sites excluding steroid dienone is 1. The van der Waals surface area contributed by atoms with E-state index in [4.69, 9.17) is 0 Å². The minimum Gasteiger partial charge on any atom is -0.376 e. The molecule has 2 aromatic heterocycles. The number of thioether (sulfide) groups is 1. The SMILES string of the molecule is C=C(NCc1ccccc1)S/C(=C\C)CNc1nc(-c2cccs2)cs1. The number of aromatic nitrogens is 1. The van der Waals surface area contributed by atoms with Crippen LogP contribution in [-0.2, 0) is 6.54 Å². The molecule has 0 atom stereocenters. The third kappa shape index (κ3) is 5.49. The molecule has 3 nitrogen and oxygen atoms in total. The highest BCUT2D eigenvalue weighted by molar-refractivity contribution is 8.06. The first-order valence-electron chi connectivity index (χ1n) is 8.27. The largest absolute Gasteiger partial charge is 0.376 e. The number of benzene rings is 1. The van der Waals surface area contributed by atoms with E-state index in [0.29, 0.717) is 0 Å². The quantitative estimate of drug-likeness (QED) is 0.450. The third-order valence-electron chi connectivity index (χ3n) is 3.60. The second-order valence-electron chi connectivity index (χ2n) is 5.49. The lowest BCUT2D eigenvalue weighted by Gasteiger charge is -2.12. The summed E-state index contributed by atoms with van der Waals surface area (Å²) in [6.45, 7) is 7.70. The molecule has 1 aromatic carbocycles. The van der Waals surface area contributed by atoms with Crippen LogP contribution in [0.1, 0.15) is 12.5 Å². The van der Waals surface area contributed by atoms with Crippen LogP contribution >= 0.6 is 34.4 Å². The molecule has 26 heavy (non-hydrogen) atoms. The normalized spacial score (nSPS) is 11.3. The fraction of sp³-hybridized carbons (Fsp3) is 0.150. The Morgan fingerprint density at radius 1 is 1.19 bits per heavy atom. The van der Waals surface area contributed by atoms with E-state index < -0.39 is 0 Å². The van der Waals surface area contributed by atoms with E-state index >= 15 is 0 Å². The Balaban J connectivity index is 1.46. The lowest BCUT2D eigenvalue weighted by atomic mass is 10.2. The maximum absolute atomic E-state index is 4.66. The van der Waals surface area contributed by atoms with Gasteiger partial charge >= 0.3 is 0 Å². The van der Waals surface area contributed by atoms with Gasteiger partial charge in [0.05, 0.1) is 15.6 Å². The molecule has 0 fully saturated rings. The molecule has 0 aliphatic carbocycles. The molecule has 6 heteroatoms. The molecule has 0 radical (unpaired) electrons. The topological polar surface area (TPSA) is 37.0 Å². The second kappa shape index (κ2) is 9.62. The van der Waals surface area contributed by atoms with Crippen molar-refractivity contribution in [2.45, 2.75) is 13.5 Å². The number of thiophene rings is 1. The van der Waals surface area contributed by atoms with Crippen LogP contribution in [-0.4, -0.2) is 11.5 Å². The standard InChI is InChI=1S/C20H21N3S3/c1-3-17(26-15(2)21-12-16-8-5-4-6-9-16)13-22-20-23-18(14-25-20)19-10-7-11-24-19/h3-11,14,21H,2,12-13H2,1H3,(H,22,23)/b17-3-. The molecule has 0 spiro atoms. The summed E-state index contributed by atoms with van der Waals surface area (Å²) in [7, 11) is 0. The van der Waals surface area contributed by atoms with Crippen LogP contribution in [0.25, 0.3) is 10.6 Å². The van der Waals surface area contributed by atoms with Crippen molar-refractivity contribution in [3.63, 3.8) is 0 Å². The molecular weight excluding hydrogens is 378 g/mol. The summed E-state index contributed by atoms with van der Waals surface area (Å²) in [4.78, 5) is 7.07. The number of thiazole rings is 1. The maximum atomic E-state index is 4.66. The van der Waals surface area contributed by atoms with E-state index in [1.807, 2.05) is 25.1 Å². The Kier molecular flexibility index (Phi) is 6.94. The number of hydrogen-bond donors (Lipinski definition) is 2. The molecular formula is C20H21N3S3. The number of anilines is 1. The van der Waals surface area contributed by atoms with Crippen LogP contribution in [0.3, 0.4) is 0 Å². The summed E-state index contributed by atoms with van der Waals surface area (Å²) < 4.78 is 0. The van der Waals surface area contributed by atoms with Crippen molar-refractivity contribution < 1.29 is 0 Å². The van der Waals surface area contributed by atoms with Crippen LogP contribution in [0, 0.1) is 0 Å². The van der Waals surface area contributed by atoms with E-state index in [1.165, 1.54) is 15.3 Å². The van der Waals surface area contributed by atoms with Crippen LogP contribution < -0.4 is 10.6 Å². The second-order valence-corrected chi connectivity index (χ2v) is 8.52. The molecule has 0 amide bonds. The zero-order valence-electron chi connectivity index (χ0n) is 14.6. The van der Waals surface area contributed by atoms with Gasteiger partial charge in [-0.1, -0.05) is 60.8 Å². The van der Waals surface area contributed by atoms with Crippen molar-refractivity contribution in [2.75, 3.05) is 11.9 Å². The van der Waals surface area contributed by atoms with E-state index in [2.05, 4.69) is 63.3 Å². The van der Waals surface area contributed by atoms with E-state index in [0.717, 1.165) is 28.9 Å². The van der Waals surface area contributed by atoms with Gasteiger partial charge in [0.15, 0.2) is 5.13 Å². The molecule has 0 saturated heterocycles. The third-order valence-corrected chi connectivity index (χ3v) is 6.33. The molecule has 0 aliphatic heterocycles. The fourth-order valence-electron chi connectivity index (χ4n) is 2.24. The summed E-state index contributed by atoms with van der Waals surface area (Å²) in [5.74, 6) is 0. The smallest absolute Gasteiger partial charge is 0.183 e. The zero-order chi connectivity index (χ0) is 18.2. The molecule has 3 rings (SSSR count). The summed E-state index contributed by atoms with van der Waals surface area (Å²) in [5, 5.41) is 12.8. The van der Waals surface area contributed by atoms with Crippen molar-refractivity contribution in [3.8, 4) is 10.6 Å². The zero-order valence-corrected chi connectivity index (χ0v) is 17.0. The highest BCUT2D eigenvalue weighted by atomic mass is 32.2. The number of rotatable bonds is 9. The maximum Gasteiger partial charge on any atom is 0.183 e. The fourth-order valence-corrected chi connectivity index (χ4v) is 4.44. The van der Waals surface area contributed by atoms with Gasteiger partial charge in [-0.2, -0.15) is 0 Å². The number of hydrogen-bond acceptors (Lipinski definition) is 6. The predicted octanol–water partition coefficient (Wildman–Crippen LogP) is 6.18. The first kappa shape index (κ1) is 18.8. The van der Waals surface area contributed by atoms with E-state index in [-0.39, 0.29) is 0 Å². The highest BCUT2D eigenvalue weighted by Gasteiger charge is 2.07. The Morgan fingerprint density at radius 3 is 2.77 bits per heavy atom. The van der Waals surface area contributed by atoms with Crippen LogP contribution in [0.5, 0.6) is 0 Å². The number of nitrogens with zero attached hydrogens (tertiary/aromatic N) is 1. The molecule has 3 aromatic rings. The Hall–Kier alpha value is -2.02. The van der Waals surface area contributed by atoms with Crippen LogP contribution in [0.2, 0.25) is 0 Å². The molecule has 2 N–H and O–H groups in total. The molecule has 0 unspecified atom stereocenters. The molecule has 134 valence electrons. The predicted molar refractivity (Wildman–Crippen MR) is 118 cm³/mol. The van der Waals surface area contributed by atoms with Gasteiger partial charge in [-0.15, -0.1) is 22.7 Å². The molecule has 0 aliphatic rings. The van der Waals surface area contributed by atoms with Crippen molar-refractivity contribution in [2.24, 2.45) is 0 Å². The molecule has 0 bridgehead atoms. The lowest BCUT2D eigenvalue weighted by Crippen LogP contribution is -2.11. The van der Waals surface area contributed by atoms with Crippen molar-refractivity contribution in [1.29, 1.82) is 0 Å². The summed E-state index contributed by atoms with van der Waals surface area (Å²) in [6.07, 6.45) is 2.11. The van der Waals surface area contributed by atoms with E-state index in [1.54, 1.807) is 34.4 Å². The first-order valence-corrected chi connectivity index (χ1v) is 10.8. The summed E-state index contributed by atoms with van der Waals surface area (Å²) in [5.41, 5.74) is 2.29. The van der Waals surface area contributed by atoms with Gasteiger partial charge in [-0.3, -0.25) is 0 Å². The Bertz CT molecular complexity index is 852. The van der Waals surface area contributed by atoms with Crippen molar-refractivity contribution in [1.82, 2.24) is 10.3 Å². The summed E-state index contributed by atoms with van der Waals surface area (Å²) >= 11 is 5.01. The average molecular weight is 400 g/mol. The van der Waals surface area contributed by atoms with Gasteiger partial charge in [-0.05, 0) is 23.9 Å². The lowest BCUT2D eigenvalue weighted by molar-refractivity contribution is 0.860. The average Bonchev–Trinajstić information content (AvgIpc) is 3.35. The van der Waals surface area contributed by atoms with Gasteiger partial charge in [-0.25, -0.2) is 4.98 Å². The van der Waals surface area contributed by atoms with Crippen LogP contribution in [0.4, 0.5) is 5.13 Å². The monoisotopic (exact) mass is 399 g/mol. The van der Waals surface area contributed by atoms with Gasteiger partial charge in [0.1, 0.15) is 0 Å². The Labute approximate surface area is 166 Å². The minimum atomic E-state index is 0.741. The molecule has 0 saturated carbocycles. The minimum absolute atomic E-state index is 0.741. The van der Waals surface area contributed by atoms with Crippen molar-refractivity contribution in [3.05, 3.63) is 81.4 Å². The van der Waals surface area contributed by atoms with E-state index in [9.17, 15) is 0 Å². The van der Waals surface area contributed by atoms with Gasteiger partial charge in [0.25, 0.3) is 0 Å². The number of nitrogens with one attached hydrogen (secondary N) is 2. The van der Waals surface area contributed by atoms with Gasteiger partial charge in [0.2, 0.25) is 0 Å². The molecule has 2 heterocycles. The van der Waals surface area contributed by atoms with Gasteiger partial charge < -0.3 is 10.6 Å². The summed E-state index contributed by atoms with van der Waals surface area (Å²) in [6, 6.07) is 14.5. The van der Waals surface area contributed by atoms with Crippen LogP contribution in [0.15, 0.2) is 75.8 Å². The van der Waals surface area contributed by atoms with Gasteiger partial charge in [0, 0.05) is 23.4 Å².